The van der Waals surface area contributed by atoms with Crippen LogP contribution in [0.25, 0.3) is 0 Å². The molecule has 0 aromatic heterocycles. The Morgan fingerprint density at radius 1 is 1.78 bits per heavy atom. The zero-order valence-electron chi connectivity index (χ0n) is 5.89. The number of carbonyl (C=O) groups is 1. The number of hydrogen-bond donors (Lipinski definition) is 1. The summed E-state index contributed by atoms with van der Waals surface area (Å²) in [5.41, 5.74) is 5.08. The summed E-state index contributed by atoms with van der Waals surface area (Å²) in [5, 5.41) is 9.92. The quantitative estimate of drug-likeness (QED) is 0.402. The van der Waals surface area contributed by atoms with Crippen molar-refractivity contribution in [3.8, 4) is 0 Å². The number of carboxylic acids is 1. The predicted molar refractivity (Wildman–Crippen MR) is 27.8 cm³/mol. The predicted octanol–water partition coefficient (Wildman–Crippen LogP) is -4.27. The monoisotopic (exact) mass is 139 g/mol. The Bertz CT molecular complexity index is 87.0. The maximum atomic E-state index is 9.92. The summed E-state index contributed by atoms with van der Waals surface area (Å²) in [7, 11) is 0. The van der Waals surface area contributed by atoms with Gasteiger partial charge in [-0.25, -0.2) is 0 Å². The fourth-order valence-corrected chi connectivity index (χ4v) is 0.368. The van der Waals surface area contributed by atoms with Crippen LogP contribution >= 0.6 is 0 Å². The van der Waals surface area contributed by atoms with Crippen LogP contribution in [0.4, 0.5) is 0 Å². The molecule has 0 aliphatic rings. The van der Waals surface area contributed by atoms with Crippen LogP contribution in [0.2, 0.25) is 0 Å². The number of carboxylic acid groups (broad SMARTS) is 1. The van der Waals surface area contributed by atoms with E-state index < -0.39 is 11.9 Å². The molecule has 0 spiro atoms. The van der Waals surface area contributed by atoms with Gasteiger partial charge in [0.1, 0.15) is 0 Å². The molecule has 0 saturated heterocycles. The second kappa shape index (κ2) is 6.55. The first-order valence-electron chi connectivity index (χ1n) is 2.59. The molecule has 48 valence electrons. The number of nitrogens with two attached hydrogens (primary N) is 1. The van der Waals surface area contributed by atoms with E-state index in [-0.39, 0.29) is 29.6 Å². The van der Waals surface area contributed by atoms with Crippen LogP contribution in [0.15, 0.2) is 0 Å². The summed E-state index contributed by atoms with van der Waals surface area (Å²) in [6, 6.07) is 0. The molecule has 1 atom stereocenters. The molecule has 0 aliphatic carbocycles. The molecule has 0 aromatic carbocycles. The summed E-state index contributed by atoms with van der Waals surface area (Å²) >= 11 is 0. The van der Waals surface area contributed by atoms with E-state index in [2.05, 4.69) is 0 Å². The minimum atomic E-state index is -1.02. The third kappa shape index (κ3) is 6.31. The second-order valence-corrected chi connectivity index (χ2v) is 1.80. The molecule has 4 heteroatoms. The zero-order valence-corrected chi connectivity index (χ0v) is 7.89. The SMILES string of the molecule is CC(CCN)C(=O)[O-].[Na+]. The molecule has 0 aromatic rings. The molecule has 0 heterocycles. The third-order valence-electron chi connectivity index (χ3n) is 1.00. The molecule has 9 heavy (non-hydrogen) atoms. The molecule has 0 saturated carbocycles. The molecule has 0 radical (unpaired) electrons. The first kappa shape index (κ1) is 12.1. The van der Waals surface area contributed by atoms with E-state index in [1.54, 1.807) is 6.92 Å². The molecular formula is C5H10NNaO2. The fraction of sp³-hybridized carbons (Fsp3) is 0.800. The van der Waals surface area contributed by atoms with Crippen molar-refractivity contribution in [1.29, 1.82) is 0 Å². The summed E-state index contributed by atoms with van der Waals surface area (Å²) in [6.45, 7) is 2.00. The Hall–Kier alpha value is 0.430. The van der Waals surface area contributed by atoms with Gasteiger partial charge in [0.25, 0.3) is 0 Å². The van der Waals surface area contributed by atoms with Crippen LogP contribution in [0, 0.1) is 5.92 Å². The Labute approximate surface area is 76.9 Å². The standard InChI is InChI=1S/C5H11NO2.Na/c1-4(2-3-6)5(7)8;/h4H,2-3,6H2,1H3,(H,7,8);/q;+1/p-1. The molecule has 0 bridgehead atoms. The average Bonchev–Trinajstić information content (AvgIpc) is 1.67. The van der Waals surface area contributed by atoms with Gasteiger partial charge in [0, 0.05) is 5.97 Å². The summed E-state index contributed by atoms with van der Waals surface area (Å²) in [4.78, 5) is 9.92. The summed E-state index contributed by atoms with van der Waals surface area (Å²) in [5.74, 6) is -1.42. The average molecular weight is 139 g/mol. The molecule has 3 nitrogen and oxygen atoms in total. The number of hydrogen-bond acceptors (Lipinski definition) is 3. The molecule has 0 aliphatic heterocycles. The van der Waals surface area contributed by atoms with Crippen LogP contribution < -0.4 is 40.4 Å². The van der Waals surface area contributed by atoms with Gasteiger partial charge in [-0.15, -0.1) is 0 Å². The van der Waals surface area contributed by atoms with E-state index in [0.29, 0.717) is 13.0 Å². The van der Waals surface area contributed by atoms with Gasteiger partial charge >= 0.3 is 29.6 Å². The van der Waals surface area contributed by atoms with Crippen molar-refractivity contribution in [2.24, 2.45) is 11.7 Å². The number of carbonyl (C=O) groups excluding carboxylic acids is 1. The summed E-state index contributed by atoms with van der Waals surface area (Å²) in [6.07, 6.45) is 0.502. The van der Waals surface area contributed by atoms with Gasteiger partial charge in [0.2, 0.25) is 0 Å². The Morgan fingerprint density at radius 2 is 2.22 bits per heavy atom. The third-order valence-corrected chi connectivity index (χ3v) is 1.00. The minimum Gasteiger partial charge on any atom is -0.550 e. The second-order valence-electron chi connectivity index (χ2n) is 1.80. The van der Waals surface area contributed by atoms with Crippen LogP contribution in [-0.4, -0.2) is 12.5 Å². The van der Waals surface area contributed by atoms with Gasteiger partial charge in [0.05, 0.1) is 0 Å². The van der Waals surface area contributed by atoms with Crippen LogP contribution in [0.5, 0.6) is 0 Å². The van der Waals surface area contributed by atoms with Crippen molar-refractivity contribution in [3.63, 3.8) is 0 Å². The summed E-state index contributed by atoms with van der Waals surface area (Å²) < 4.78 is 0. The van der Waals surface area contributed by atoms with E-state index in [1.807, 2.05) is 0 Å². The van der Waals surface area contributed by atoms with E-state index in [4.69, 9.17) is 5.73 Å². The molecular weight excluding hydrogens is 129 g/mol. The number of aliphatic carboxylic acids is 1. The Kier molecular flexibility index (Phi) is 8.83. The fourth-order valence-electron chi connectivity index (χ4n) is 0.368. The van der Waals surface area contributed by atoms with Crippen LogP contribution in [0.1, 0.15) is 13.3 Å². The number of rotatable bonds is 3. The maximum Gasteiger partial charge on any atom is 1.00 e. The van der Waals surface area contributed by atoms with E-state index in [0.717, 1.165) is 0 Å². The molecule has 1 unspecified atom stereocenters. The molecule has 0 rings (SSSR count). The van der Waals surface area contributed by atoms with Gasteiger partial charge in [-0.05, 0) is 18.9 Å². The molecule has 0 amide bonds. The topological polar surface area (TPSA) is 66.2 Å². The normalized spacial score (nSPS) is 11.8. The molecule has 2 N–H and O–H groups in total. The van der Waals surface area contributed by atoms with Gasteiger partial charge < -0.3 is 15.6 Å². The van der Waals surface area contributed by atoms with E-state index in [9.17, 15) is 9.90 Å². The van der Waals surface area contributed by atoms with E-state index >= 15 is 0 Å². The van der Waals surface area contributed by atoms with Crippen molar-refractivity contribution in [3.05, 3.63) is 0 Å². The van der Waals surface area contributed by atoms with Crippen molar-refractivity contribution >= 4 is 5.97 Å². The van der Waals surface area contributed by atoms with Gasteiger partial charge in [-0.1, -0.05) is 6.92 Å². The zero-order chi connectivity index (χ0) is 6.57. The van der Waals surface area contributed by atoms with E-state index in [1.165, 1.54) is 0 Å². The minimum absolute atomic E-state index is 0. The van der Waals surface area contributed by atoms with Gasteiger partial charge in [0.15, 0.2) is 0 Å². The van der Waals surface area contributed by atoms with Gasteiger partial charge in [-0.2, -0.15) is 0 Å². The largest absolute Gasteiger partial charge is 1.00 e. The molecule has 0 fully saturated rings. The first-order chi connectivity index (χ1) is 3.68. The maximum absolute atomic E-state index is 9.92. The van der Waals surface area contributed by atoms with Gasteiger partial charge in [-0.3, -0.25) is 0 Å². The van der Waals surface area contributed by atoms with Crippen molar-refractivity contribution in [1.82, 2.24) is 0 Å². The Morgan fingerprint density at radius 3 is 2.33 bits per heavy atom. The van der Waals surface area contributed by atoms with Crippen molar-refractivity contribution in [2.75, 3.05) is 6.54 Å². The smallest absolute Gasteiger partial charge is 0.550 e. The van der Waals surface area contributed by atoms with Crippen molar-refractivity contribution < 1.29 is 39.5 Å². The Balaban J connectivity index is 0. The van der Waals surface area contributed by atoms with Crippen LogP contribution in [-0.2, 0) is 4.79 Å². The first-order valence-corrected chi connectivity index (χ1v) is 2.59. The van der Waals surface area contributed by atoms with Crippen molar-refractivity contribution in [2.45, 2.75) is 13.3 Å². The van der Waals surface area contributed by atoms with Crippen LogP contribution in [0.3, 0.4) is 0 Å².